The Morgan fingerprint density at radius 3 is 2.86 bits per heavy atom. The van der Waals surface area contributed by atoms with E-state index in [1.54, 1.807) is 30.1 Å². The number of nitrogens with zero attached hydrogens (tertiary/aromatic N) is 5. The van der Waals surface area contributed by atoms with E-state index in [4.69, 9.17) is 11.6 Å². The van der Waals surface area contributed by atoms with Crippen molar-refractivity contribution in [2.75, 3.05) is 18.1 Å². The average molecular weight is 437 g/mol. The zero-order valence-corrected chi connectivity index (χ0v) is 17.5. The van der Waals surface area contributed by atoms with E-state index in [1.807, 2.05) is 18.2 Å². The van der Waals surface area contributed by atoms with E-state index in [-0.39, 0.29) is 17.6 Å². The second kappa shape index (κ2) is 9.18. The summed E-state index contributed by atoms with van der Waals surface area (Å²) in [6.45, 7) is 1.94. The van der Waals surface area contributed by atoms with Crippen LogP contribution in [0.15, 0.2) is 41.6 Å². The summed E-state index contributed by atoms with van der Waals surface area (Å²) in [6.07, 6.45) is 0. The average Bonchev–Trinajstić information content (AvgIpc) is 3.28. The van der Waals surface area contributed by atoms with E-state index >= 15 is 0 Å². The van der Waals surface area contributed by atoms with Crippen molar-refractivity contribution in [3.63, 3.8) is 0 Å². The molecule has 2 aromatic heterocycles. The molecule has 0 radical (unpaired) electrons. The third kappa shape index (κ3) is 5.31. The predicted molar refractivity (Wildman–Crippen MR) is 110 cm³/mol. The molecule has 3 aromatic rings. The van der Waals surface area contributed by atoms with Crippen LogP contribution in [0.4, 0.5) is 5.69 Å². The molecule has 28 heavy (non-hydrogen) atoms. The summed E-state index contributed by atoms with van der Waals surface area (Å²) >= 11 is 8.63. The number of tetrazole rings is 1. The Morgan fingerprint density at radius 1 is 1.32 bits per heavy atom. The molecule has 2 heterocycles. The van der Waals surface area contributed by atoms with Crippen LogP contribution in [0.5, 0.6) is 0 Å². The lowest BCUT2D eigenvalue weighted by atomic mass is 10.3. The Morgan fingerprint density at radius 2 is 2.14 bits per heavy atom. The SMILES string of the molecule is CC(=O)Nc1cccc(-n2nnnc2SCC(=O)N(C)Cc2ccc(Cl)s2)c1. The van der Waals surface area contributed by atoms with Gasteiger partial charge in [0.05, 0.1) is 22.3 Å². The molecule has 11 heteroatoms. The third-order valence-corrected chi connectivity index (χ3v) is 5.74. The molecule has 0 bridgehead atoms. The number of thiophene rings is 1. The number of rotatable bonds is 7. The van der Waals surface area contributed by atoms with Crippen molar-refractivity contribution >= 4 is 52.2 Å². The second-order valence-electron chi connectivity index (χ2n) is 5.85. The first-order valence-corrected chi connectivity index (χ1v) is 10.4. The third-order valence-electron chi connectivity index (χ3n) is 3.62. The summed E-state index contributed by atoms with van der Waals surface area (Å²) in [6, 6.07) is 10.9. The molecule has 0 aliphatic carbocycles. The Labute approximate surface area is 174 Å². The van der Waals surface area contributed by atoms with Gasteiger partial charge in [0.1, 0.15) is 0 Å². The first-order chi connectivity index (χ1) is 13.4. The normalized spacial score (nSPS) is 10.7. The van der Waals surface area contributed by atoms with Crippen LogP contribution in [-0.2, 0) is 16.1 Å². The maximum Gasteiger partial charge on any atom is 0.233 e. The molecule has 146 valence electrons. The standard InChI is InChI=1S/C17H17ClN6O2S2/c1-11(25)19-12-4-3-5-13(8-12)24-17(20-21-22-24)27-10-16(26)23(2)9-14-6-7-15(18)28-14/h3-8H,9-10H2,1-2H3,(H,19,25). The molecule has 0 aliphatic rings. The quantitative estimate of drug-likeness (QED) is 0.572. The zero-order valence-electron chi connectivity index (χ0n) is 15.1. The Bertz CT molecular complexity index is 989. The highest BCUT2D eigenvalue weighted by molar-refractivity contribution is 7.99. The molecule has 2 amide bonds. The number of hydrogen-bond acceptors (Lipinski definition) is 7. The largest absolute Gasteiger partial charge is 0.340 e. The first kappa shape index (κ1) is 20.3. The lowest BCUT2D eigenvalue weighted by Gasteiger charge is -2.15. The van der Waals surface area contributed by atoms with Crippen LogP contribution in [0.1, 0.15) is 11.8 Å². The van der Waals surface area contributed by atoms with E-state index in [0.717, 1.165) is 4.88 Å². The van der Waals surface area contributed by atoms with Crippen LogP contribution < -0.4 is 5.32 Å². The summed E-state index contributed by atoms with van der Waals surface area (Å²) in [5, 5.41) is 14.9. The molecule has 0 spiro atoms. The molecular formula is C17H17ClN6O2S2. The molecule has 0 aliphatic heterocycles. The topological polar surface area (TPSA) is 93.0 Å². The summed E-state index contributed by atoms with van der Waals surface area (Å²) in [4.78, 5) is 26.3. The number of carbonyl (C=O) groups excluding carboxylic acids is 2. The number of halogens is 1. The lowest BCUT2D eigenvalue weighted by Crippen LogP contribution is -2.27. The van der Waals surface area contributed by atoms with E-state index in [0.29, 0.717) is 27.4 Å². The molecular weight excluding hydrogens is 420 g/mol. The molecule has 3 rings (SSSR count). The lowest BCUT2D eigenvalue weighted by molar-refractivity contribution is -0.127. The predicted octanol–water partition coefficient (Wildman–Crippen LogP) is 3.09. The fourth-order valence-electron chi connectivity index (χ4n) is 2.34. The van der Waals surface area contributed by atoms with Crippen molar-refractivity contribution in [1.29, 1.82) is 0 Å². The molecule has 0 unspecified atom stereocenters. The number of benzene rings is 1. The number of carbonyl (C=O) groups is 2. The van der Waals surface area contributed by atoms with Crippen LogP contribution >= 0.6 is 34.7 Å². The van der Waals surface area contributed by atoms with Crippen LogP contribution in [-0.4, -0.2) is 49.7 Å². The Hall–Kier alpha value is -2.43. The van der Waals surface area contributed by atoms with Gasteiger partial charge in [-0.3, -0.25) is 9.59 Å². The number of amides is 2. The van der Waals surface area contributed by atoms with Crippen LogP contribution in [0.2, 0.25) is 4.34 Å². The number of hydrogen-bond donors (Lipinski definition) is 1. The Kier molecular flexibility index (Phi) is 6.65. The van der Waals surface area contributed by atoms with Gasteiger partial charge in [-0.05, 0) is 40.8 Å². The maximum absolute atomic E-state index is 12.4. The molecule has 0 atom stereocenters. The van der Waals surface area contributed by atoms with Gasteiger partial charge in [-0.15, -0.1) is 16.4 Å². The fourth-order valence-corrected chi connectivity index (χ4v) is 4.32. The van der Waals surface area contributed by atoms with Crippen LogP contribution in [0.25, 0.3) is 5.69 Å². The first-order valence-electron chi connectivity index (χ1n) is 8.20. The summed E-state index contributed by atoms with van der Waals surface area (Å²) in [7, 11) is 1.75. The van der Waals surface area contributed by atoms with Gasteiger partial charge >= 0.3 is 0 Å². The van der Waals surface area contributed by atoms with Crippen molar-refractivity contribution in [2.24, 2.45) is 0 Å². The van der Waals surface area contributed by atoms with Crippen molar-refractivity contribution in [3.05, 3.63) is 45.6 Å². The van der Waals surface area contributed by atoms with Crippen LogP contribution in [0.3, 0.4) is 0 Å². The molecule has 8 nitrogen and oxygen atoms in total. The van der Waals surface area contributed by atoms with Gasteiger partial charge < -0.3 is 10.2 Å². The summed E-state index contributed by atoms with van der Waals surface area (Å²) in [5.41, 5.74) is 1.33. The second-order valence-corrected chi connectivity index (χ2v) is 8.59. The van der Waals surface area contributed by atoms with Gasteiger partial charge in [0.15, 0.2) is 0 Å². The van der Waals surface area contributed by atoms with E-state index in [1.165, 1.54) is 34.7 Å². The minimum absolute atomic E-state index is 0.0453. The molecule has 0 fully saturated rings. The minimum atomic E-state index is -0.163. The summed E-state index contributed by atoms with van der Waals surface area (Å²) < 4.78 is 2.23. The monoisotopic (exact) mass is 436 g/mol. The highest BCUT2D eigenvalue weighted by atomic mass is 35.5. The van der Waals surface area contributed by atoms with Gasteiger partial charge in [-0.1, -0.05) is 29.4 Å². The highest BCUT2D eigenvalue weighted by Gasteiger charge is 2.15. The molecule has 0 saturated carbocycles. The molecule has 0 saturated heterocycles. The summed E-state index contributed by atoms with van der Waals surface area (Å²) in [5.74, 6) is -0.0124. The van der Waals surface area contributed by atoms with Gasteiger partial charge in [0.2, 0.25) is 17.0 Å². The number of anilines is 1. The van der Waals surface area contributed by atoms with Crippen molar-refractivity contribution in [3.8, 4) is 5.69 Å². The minimum Gasteiger partial charge on any atom is -0.340 e. The Balaban J connectivity index is 1.64. The van der Waals surface area contributed by atoms with Crippen LogP contribution in [0, 0.1) is 0 Å². The zero-order chi connectivity index (χ0) is 20.1. The van der Waals surface area contributed by atoms with Crippen molar-refractivity contribution in [2.45, 2.75) is 18.6 Å². The van der Waals surface area contributed by atoms with Gasteiger partial charge in [0, 0.05) is 24.5 Å². The molecule has 1 aromatic carbocycles. The van der Waals surface area contributed by atoms with E-state index < -0.39 is 0 Å². The van der Waals surface area contributed by atoms with Crippen molar-refractivity contribution in [1.82, 2.24) is 25.1 Å². The number of aromatic nitrogens is 4. The number of nitrogens with one attached hydrogen (secondary N) is 1. The maximum atomic E-state index is 12.4. The molecule has 1 N–H and O–H groups in total. The van der Waals surface area contributed by atoms with Gasteiger partial charge in [0.25, 0.3) is 0 Å². The van der Waals surface area contributed by atoms with E-state index in [9.17, 15) is 9.59 Å². The smallest absolute Gasteiger partial charge is 0.233 e. The van der Waals surface area contributed by atoms with E-state index in [2.05, 4.69) is 20.8 Å². The van der Waals surface area contributed by atoms with Crippen molar-refractivity contribution < 1.29 is 9.59 Å². The van der Waals surface area contributed by atoms with Gasteiger partial charge in [-0.25, -0.2) is 0 Å². The highest BCUT2D eigenvalue weighted by Crippen LogP contribution is 2.24. The fraction of sp³-hybridized carbons (Fsp3) is 0.235. The van der Waals surface area contributed by atoms with Gasteiger partial charge in [-0.2, -0.15) is 4.68 Å². The number of thioether (sulfide) groups is 1.